The molecule has 0 amide bonds. The molecule has 1 aliphatic rings. The Morgan fingerprint density at radius 1 is 0.947 bits per heavy atom. The maximum Gasteiger partial charge on any atom is 0.535 e. The van der Waals surface area contributed by atoms with E-state index in [9.17, 15) is 0 Å². The zero-order valence-electron chi connectivity index (χ0n) is 12.2. The highest BCUT2D eigenvalue weighted by Gasteiger charge is 2.53. The number of methoxy groups -OCH3 is 2. The van der Waals surface area contributed by atoms with Crippen LogP contribution in [0.2, 0.25) is 0 Å². The van der Waals surface area contributed by atoms with Crippen LogP contribution in [-0.4, -0.2) is 42.5 Å². The minimum absolute atomic E-state index is 0.398. The van der Waals surface area contributed by atoms with Gasteiger partial charge in [0.1, 0.15) is 0 Å². The fourth-order valence-electron chi connectivity index (χ4n) is 1.68. The van der Waals surface area contributed by atoms with Gasteiger partial charge in [-0.1, -0.05) is 0 Å². The molecule has 1 aromatic rings. The zero-order valence-corrected chi connectivity index (χ0v) is 12.2. The summed E-state index contributed by atoms with van der Waals surface area (Å²) in [5.41, 5.74) is -0.468. The summed E-state index contributed by atoms with van der Waals surface area (Å²) in [4.78, 5) is 8.50. The lowest BCUT2D eigenvalue weighted by atomic mass is 9.89. The second-order valence-corrected chi connectivity index (χ2v) is 5.40. The van der Waals surface area contributed by atoms with Crippen LogP contribution in [0, 0.1) is 0 Å². The van der Waals surface area contributed by atoms with Crippen molar-refractivity contribution in [2.75, 3.05) is 14.2 Å². The molecule has 2 rings (SSSR count). The molecule has 0 N–H and O–H groups in total. The van der Waals surface area contributed by atoms with Gasteiger partial charge in [0.05, 0.1) is 31.5 Å². The molecule has 1 aromatic heterocycles. The largest absolute Gasteiger partial charge is 0.535 e. The Kier molecular flexibility index (Phi) is 3.44. The third-order valence-electron chi connectivity index (χ3n) is 3.58. The number of rotatable bonds is 3. The quantitative estimate of drug-likeness (QED) is 0.754. The first kappa shape index (κ1) is 14.1. The molecule has 0 unspecified atom stereocenters. The summed E-state index contributed by atoms with van der Waals surface area (Å²) >= 11 is 0. The number of hydrogen-bond acceptors (Lipinski definition) is 6. The Balaban J connectivity index is 2.33. The van der Waals surface area contributed by atoms with Gasteiger partial charge in [-0.25, -0.2) is 9.97 Å². The van der Waals surface area contributed by atoms with Crippen molar-refractivity contribution in [3.8, 4) is 11.8 Å². The standard InChI is InChI=1S/C12H19BN2O4/c1-11(2)12(3,4)19-13(18-11)10-14-8(16-5)7-9(15-10)17-6/h7H,1-6H3. The highest BCUT2D eigenvalue weighted by molar-refractivity contribution is 6.60. The minimum Gasteiger partial charge on any atom is -0.481 e. The van der Waals surface area contributed by atoms with Gasteiger partial charge in [0.2, 0.25) is 11.8 Å². The summed E-state index contributed by atoms with van der Waals surface area (Å²) in [6.45, 7) is 7.91. The van der Waals surface area contributed by atoms with E-state index in [1.165, 1.54) is 14.2 Å². The van der Waals surface area contributed by atoms with Crippen LogP contribution in [0.1, 0.15) is 27.7 Å². The van der Waals surface area contributed by atoms with E-state index < -0.39 is 18.3 Å². The number of hydrogen-bond donors (Lipinski definition) is 0. The molecule has 104 valence electrons. The van der Waals surface area contributed by atoms with E-state index in [0.29, 0.717) is 17.5 Å². The lowest BCUT2D eigenvalue weighted by molar-refractivity contribution is 0.00578. The molecule has 1 fully saturated rings. The van der Waals surface area contributed by atoms with Crippen LogP contribution in [0.3, 0.4) is 0 Å². The van der Waals surface area contributed by atoms with Crippen LogP contribution < -0.4 is 15.2 Å². The van der Waals surface area contributed by atoms with Crippen molar-refractivity contribution in [1.29, 1.82) is 0 Å². The van der Waals surface area contributed by atoms with Gasteiger partial charge in [-0.05, 0) is 27.7 Å². The summed E-state index contributed by atoms with van der Waals surface area (Å²) < 4.78 is 22.0. The van der Waals surface area contributed by atoms with Gasteiger partial charge in [0.25, 0.3) is 0 Å². The molecule has 0 saturated carbocycles. The minimum atomic E-state index is -0.631. The Morgan fingerprint density at radius 2 is 1.37 bits per heavy atom. The summed E-state index contributed by atoms with van der Waals surface area (Å²) in [7, 11) is 2.44. The Bertz CT molecular complexity index is 441. The second kappa shape index (κ2) is 4.65. The molecule has 7 heteroatoms. The molecule has 1 aliphatic heterocycles. The summed E-state index contributed by atoms with van der Waals surface area (Å²) in [6.07, 6.45) is 0. The second-order valence-electron chi connectivity index (χ2n) is 5.40. The molecule has 19 heavy (non-hydrogen) atoms. The van der Waals surface area contributed by atoms with Crippen LogP contribution in [0.15, 0.2) is 6.07 Å². The lowest BCUT2D eigenvalue weighted by Crippen LogP contribution is -2.41. The predicted octanol–water partition coefficient (Wildman–Crippen LogP) is 0.793. The van der Waals surface area contributed by atoms with Crippen LogP contribution in [0.4, 0.5) is 0 Å². The van der Waals surface area contributed by atoms with Gasteiger partial charge >= 0.3 is 7.12 Å². The normalized spacial score (nSPS) is 20.4. The third kappa shape index (κ3) is 2.53. The molecule has 6 nitrogen and oxygen atoms in total. The van der Waals surface area contributed by atoms with Crippen LogP contribution >= 0.6 is 0 Å². The van der Waals surface area contributed by atoms with Crippen molar-refractivity contribution < 1.29 is 18.8 Å². The van der Waals surface area contributed by atoms with E-state index >= 15 is 0 Å². The van der Waals surface area contributed by atoms with Crippen LogP contribution in [0.5, 0.6) is 11.8 Å². The fourth-order valence-corrected chi connectivity index (χ4v) is 1.68. The zero-order chi connectivity index (χ0) is 14.3. The van der Waals surface area contributed by atoms with Crippen LogP contribution in [-0.2, 0) is 9.31 Å². The molecule has 0 radical (unpaired) electrons. The average molecular weight is 266 g/mol. The van der Waals surface area contributed by atoms with Crippen molar-refractivity contribution >= 4 is 12.8 Å². The van der Waals surface area contributed by atoms with Gasteiger partial charge in [-0.3, -0.25) is 0 Å². The summed E-state index contributed by atoms with van der Waals surface area (Å²) in [6, 6.07) is 1.61. The van der Waals surface area contributed by atoms with Gasteiger partial charge in [0.15, 0.2) is 5.72 Å². The van der Waals surface area contributed by atoms with Crippen molar-refractivity contribution in [2.24, 2.45) is 0 Å². The highest BCUT2D eigenvalue weighted by Crippen LogP contribution is 2.36. The topological polar surface area (TPSA) is 62.7 Å². The summed E-state index contributed by atoms with van der Waals surface area (Å²) in [5.74, 6) is 0.827. The smallest absolute Gasteiger partial charge is 0.481 e. The Morgan fingerprint density at radius 3 is 1.74 bits per heavy atom. The predicted molar refractivity (Wildman–Crippen MR) is 70.9 cm³/mol. The van der Waals surface area contributed by atoms with Crippen molar-refractivity contribution in [3.05, 3.63) is 6.07 Å². The summed E-state index contributed by atoms with van der Waals surface area (Å²) in [5, 5.41) is 0. The Hall–Kier alpha value is -1.34. The maximum atomic E-state index is 5.89. The van der Waals surface area contributed by atoms with Gasteiger partial charge < -0.3 is 18.8 Å². The van der Waals surface area contributed by atoms with Gasteiger partial charge in [-0.15, -0.1) is 0 Å². The first-order valence-electron chi connectivity index (χ1n) is 6.11. The molecule has 0 atom stereocenters. The van der Waals surface area contributed by atoms with Gasteiger partial charge in [-0.2, -0.15) is 0 Å². The SMILES string of the molecule is COc1cc(OC)nc(B2OC(C)(C)C(C)(C)O2)n1. The Labute approximate surface area is 113 Å². The molecule has 0 aromatic carbocycles. The molecule has 0 bridgehead atoms. The number of ether oxygens (including phenoxy) is 2. The van der Waals surface area contributed by atoms with Gasteiger partial charge in [0, 0.05) is 0 Å². The van der Waals surface area contributed by atoms with E-state index in [2.05, 4.69) is 9.97 Å². The van der Waals surface area contributed by atoms with E-state index in [-0.39, 0.29) is 0 Å². The van der Waals surface area contributed by atoms with Crippen molar-refractivity contribution in [1.82, 2.24) is 9.97 Å². The van der Waals surface area contributed by atoms with E-state index in [0.717, 1.165) is 0 Å². The highest BCUT2D eigenvalue weighted by atomic mass is 16.7. The third-order valence-corrected chi connectivity index (χ3v) is 3.58. The molecular formula is C12H19BN2O4. The number of nitrogens with zero attached hydrogens (tertiary/aromatic N) is 2. The van der Waals surface area contributed by atoms with E-state index in [1.54, 1.807) is 6.07 Å². The van der Waals surface area contributed by atoms with E-state index in [4.69, 9.17) is 18.8 Å². The molecule has 1 saturated heterocycles. The fraction of sp³-hybridized carbons (Fsp3) is 0.667. The first-order chi connectivity index (χ1) is 8.79. The van der Waals surface area contributed by atoms with E-state index in [1.807, 2.05) is 27.7 Å². The monoisotopic (exact) mass is 266 g/mol. The average Bonchev–Trinajstić information content (AvgIpc) is 2.58. The maximum absolute atomic E-state index is 5.89. The van der Waals surface area contributed by atoms with Crippen molar-refractivity contribution in [3.63, 3.8) is 0 Å². The lowest BCUT2D eigenvalue weighted by Gasteiger charge is -2.32. The number of aromatic nitrogens is 2. The molecule has 0 aliphatic carbocycles. The molecule has 0 spiro atoms. The first-order valence-corrected chi connectivity index (χ1v) is 6.11. The van der Waals surface area contributed by atoms with Crippen LogP contribution in [0.25, 0.3) is 0 Å². The molecule has 2 heterocycles. The van der Waals surface area contributed by atoms with Crippen molar-refractivity contribution in [2.45, 2.75) is 38.9 Å². The molecular weight excluding hydrogens is 247 g/mol.